The minimum atomic E-state index is -3.87. The van der Waals surface area contributed by atoms with Crippen LogP contribution < -0.4 is 0 Å². The molecule has 6 aromatic rings. The molecular formula is C35H31N5O4S2. The normalized spacial score (nSPS) is 17.3. The first-order valence-corrected chi connectivity index (χ1v) is 18.4. The SMILES string of the molecule is CS(=O)(=O)c1ccc(-c2ccc(-c3nc4cnc5c(ccn5S(=O)(=O)c5ccccc5)c4n3C3CCC(CC#N)CC3)cc2)cc1. The Morgan fingerprint density at radius 3 is 2.07 bits per heavy atom. The highest BCUT2D eigenvalue weighted by molar-refractivity contribution is 7.90. The van der Waals surface area contributed by atoms with Crippen molar-refractivity contribution in [1.82, 2.24) is 18.5 Å². The van der Waals surface area contributed by atoms with Gasteiger partial charge >= 0.3 is 0 Å². The Morgan fingerprint density at radius 1 is 0.804 bits per heavy atom. The van der Waals surface area contributed by atoms with E-state index in [9.17, 15) is 22.1 Å². The van der Waals surface area contributed by atoms with Crippen LogP contribution >= 0.6 is 0 Å². The lowest BCUT2D eigenvalue weighted by atomic mass is 9.84. The van der Waals surface area contributed by atoms with E-state index in [-0.39, 0.29) is 15.8 Å². The second-order valence-corrected chi connectivity index (χ2v) is 15.7. The Balaban J connectivity index is 1.35. The highest BCUT2D eigenvalue weighted by Gasteiger charge is 2.29. The van der Waals surface area contributed by atoms with E-state index in [0.29, 0.717) is 28.9 Å². The predicted molar refractivity (Wildman–Crippen MR) is 177 cm³/mol. The molecule has 0 atom stereocenters. The van der Waals surface area contributed by atoms with Crippen molar-refractivity contribution >= 4 is 41.9 Å². The summed E-state index contributed by atoms with van der Waals surface area (Å²) in [4.78, 5) is 10.1. The van der Waals surface area contributed by atoms with E-state index in [1.165, 1.54) is 10.2 Å². The van der Waals surface area contributed by atoms with Crippen molar-refractivity contribution in [3.63, 3.8) is 0 Å². The van der Waals surface area contributed by atoms with Gasteiger partial charge in [0.15, 0.2) is 15.5 Å². The van der Waals surface area contributed by atoms with E-state index >= 15 is 0 Å². The number of hydrogen-bond donors (Lipinski definition) is 0. The minimum Gasteiger partial charge on any atom is -0.320 e. The highest BCUT2D eigenvalue weighted by atomic mass is 32.2. The van der Waals surface area contributed by atoms with Crippen LogP contribution in [0.3, 0.4) is 0 Å². The number of nitrogens with zero attached hydrogens (tertiary/aromatic N) is 5. The Bertz CT molecular complexity index is 2330. The summed E-state index contributed by atoms with van der Waals surface area (Å²) in [5.41, 5.74) is 4.60. The average Bonchev–Trinajstić information content (AvgIpc) is 3.68. The molecule has 0 saturated heterocycles. The molecule has 0 aliphatic heterocycles. The monoisotopic (exact) mass is 649 g/mol. The van der Waals surface area contributed by atoms with Gasteiger partial charge in [0.25, 0.3) is 10.0 Å². The molecule has 11 heteroatoms. The molecule has 0 amide bonds. The topological polar surface area (TPSA) is 128 Å². The number of pyridine rings is 1. The minimum absolute atomic E-state index is 0.109. The molecule has 0 N–H and O–H groups in total. The van der Waals surface area contributed by atoms with Crippen molar-refractivity contribution in [2.24, 2.45) is 5.92 Å². The van der Waals surface area contributed by atoms with Crippen LogP contribution in [0.4, 0.5) is 0 Å². The number of imidazole rings is 1. The lowest BCUT2D eigenvalue weighted by Crippen LogP contribution is -2.19. The second kappa shape index (κ2) is 11.5. The zero-order valence-corrected chi connectivity index (χ0v) is 26.7. The lowest BCUT2D eigenvalue weighted by molar-refractivity contribution is 0.283. The molecule has 9 nitrogen and oxygen atoms in total. The third kappa shape index (κ3) is 5.27. The first-order chi connectivity index (χ1) is 22.1. The summed E-state index contributed by atoms with van der Waals surface area (Å²) >= 11 is 0. The van der Waals surface area contributed by atoms with Gasteiger partial charge in [0.1, 0.15) is 11.3 Å². The molecule has 1 aliphatic rings. The highest BCUT2D eigenvalue weighted by Crippen LogP contribution is 2.41. The van der Waals surface area contributed by atoms with Crippen LogP contribution in [0.1, 0.15) is 38.1 Å². The van der Waals surface area contributed by atoms with Crippen molar-refractivity contribution in [2.75, 3.05) is 6.26 Å². The van der Waals surface area contributed by atoms with E-state index in [0.717, 1.165) is 53.7 Å². The van der Waals surface area contributed by atoms with Gasteiger partial charge in [-0.25, -0.2) is 30.8 Å². The molecule has 1 aliphatic carbocycles. The summed E-state index contributed by atoms with van der Waals surface area (Å²) in [6.45, 7) is 0. The lowest BCUT2D eigenvalue weighted by Gasteiger charge is -2.30. The molecular weight excluding hydrogens is 619 g/mol. The standard InChI is InChI=1S/C35H31N5O4S2/c1-45(41,42)29-17-13-26(14-18-29)25-9-11-27(12-10-25)34-38-32-23-37-35-31(20-22-39(35)46(43,44)30-5-3-2-4-6-30)33(32)40(34)28-15-7-24(8-16-28)19-21-36/h2-6,9-14,17-18,20,22-24,28H,7-8,15-16,19H2,1H3. The second-order valence-electron chi connectivity index (χ2n) is 11.9. The Kier molecular flexibility index (Phi) is 7.50. The fourth-order valence-corrected chi connectivity index (χ4v) is 8.50. The van der Waals surface area contributed by atoms with Crippen LogP contribution in [0, 0.1) is 17.2 Å². The molecule has 0 bridgehead atoms. The quantitative estimate of drug-likeness (QED) is 0.182. The number of hydrogen-bond acceptors (Lipinski definition) is 7. The molecule has 3 aromatic carbocycles. The molecule has 0 unspecified atom stereocenters. The maximum absolute atomic E-state index is 13.6. The van der Waals surface area contributed by atoms with Crippen LogP contribution in [-0.2, 0) is 19.9 Å². The number of nitriles is 1. The van der Waals surface area contributed by atoms with E-state index in [1.807, 2.05) is 24.3 Å². The zero-order valence-electron chi connectivity index (χ0n) is 25.1. The molecule has 1 saturated carbocycles. The van der Waals surface area contributed by atoms with Crippen LogP contribution in [0.5, 0.6) is 0 Å². The summed E-state index contributed by atoms with van der Waals surface area (Å²) < 4.78 is 54.5. The van der Waals surface area contributed by atoms with Gasteiger partial charge in [0.2, 0.25) is 0 Å². The number of aromatic nitrogens is 4. The number of sulfone groups is 1. The largest absolute Gasteiger partial charge is 0.320 e. The number of rotatable bonds is 7. The maximum atomic E-state index is 13.6. The Labute approximate surface area is 267 Å². The molecule has 232 valence electrons. The van der Waals surface area contributed by atoms with Gasteiger partial charge in [-0.15, -0.1) is 0 Å². The van der Waals surface area contributed by atoms with Crippen molar-refractivity contribution < 1.29 is 16.8 Å². The van der Waals surface area contributed by atoms with Gasteiger partial charge in [-0.05, 0) is 73.1 Å². The summed E-state index contributed by atoms with van der Waals surface area (Å²) in [5.74, 6) is 1.14. The Morgan fingerprint density at radius 2 is 1.43 bits per heavy atom. The van der Waals surface area contributed by atoms with Gasteiger partial charge in [-0.2, -0.15) is 5.26 Å². The smallest absolute Gasteiger partial charge is 0.269 e. The zero-order chi connectivity index (χ0) is 32.1. The molecule has 0 spiro atoms. The summed E-state index contributed by atoms with van der Waals surface area (Å²) in [6, 6.07) is 27.4. The van der Waals surface area contributed by atoms with Gasteiger partial charge < -0.3 is 4.57 Å². The van der Waals surface area contributed by atoms with E-state index in [2.05, 4.69) is 15.6 Å². The Hall–Kier alpha value is -4.79. The van der Waals surface area contributed by atoms with Gasteiger partial charge in [0, 0.05) is 35.9 Å². The summed E-state index contributed by atoms with van der Waals surface area (Å²) in [5, 5.41) is 9.98. The van der Waals surface area contributed by atoms with Crippen LogP contribution in [0.15, 0.2) is 107 Å². The van der Waals surface area contributed by atoms with Crippen LogP contribution in [0.2, 0.25) is 0 Å². The first-order valence-electron chi connectivity index (χ1n) is 15.1. The fraction of sp³-hybridized carbons (Fsp3) is 0.229. The molecule has 7 rings (SSSR count). The predicted octanol–water partition coefficient (Wildman–Crippen LogP) is 7.01. The van der Waals surface area contributed by atoms with Gasteiger partial charge in [0.05, 0.1) is 27.6 Å². The molecule has 3 aromatic heterocycles. The van der Waals surface area contributed by atoms with Crippen LogP contribution in [-0.4, -0.2) is 41.6 Å². The van der Waals surface area contributed by atoms with Gasteiger partial charge in [-0.1, -0.05) is 54.6 Å². The molecule has 46 heavy (non-hydrogen) atoms. The van der Waals surface area contributed by atoms with Crippen molar-refractivity contribution in [1.29, 1.82) is 5.26 Å². The maximum Gasteiger partial charge on any atom is 0.269 e. The number of fused-ring (bicyclic) bond motifs is 3. The van der Waals surface area contributed by atoms with Crippen molar-refractivity contribution in [3.8, 4) is 28.6 Å². The van der Waals surface area contributed by atoms with Gasteiger partial charge in [-0.3, -0.25) is 0 Å². The van der Waals surface area contributed by atoms with E-state index < -0.39 is 19.9 Å². The third-order valence-corrected chi connectivity index (χ3v) is 11.8. The third-order valence-electron chi connectivity index (χ3n) is 8.95. The van der Waals surface area contributed by atoms with Crippen molar-refractivity contribution in [2.45, 2.75) is 47.9 Å². The van der Waals surface area contributed by atoms with E-state index in [1.54, 1.807) is 73.1 Å². The molecule has 3 heterocycles. The first kappa shape index (κ1) is 29.9. The van der Waals surface area contributed by atoms with Crippen LogP contribution in [0.25, 0.3) is 44.6 Å². The number of benzene rings is 3. The van der Waals surface area contributed by atoms with Crippen molar-refractivity contribution in [3.05, 3.63) is 97.3 Å². The fourth-order valence-electron chi connectivity index (χ4n) is 6.55. The summed E-state index contributed by atoms with van der Waals surface area (Å²) in [6.07, 6.45) is 8.56. The summed E-state index contributed by atoms with van der Waals surface area (Å²) in [7, 11) is -7.15. The van der Waals surface area contributed by atoms with E-state index in [4.69, 9.17) is 4.98 Å². The molecule has 0 radical (unpaired) electrons. The molecule has 1 fully saturated rings. The average molecular weight is 650 g/mol.